The van der Waals surface area contributed by atoms with E-state index in [-0.39, 0.29) is 6.17 Å². The molecule has 2 aromatic rings. The second kappa shape index (κ2) is 6.02. The molecule has 2 fully saturated rings. The van der Waals surface area contributed by atoms with E-state index < -0.39 is 0 Å². The first kappa shape index (κ1) is 12.5. The molecule has 2 aliphatic heterocycles. The molecule has 2 aromatic heterocycles. The van der Waals surface area contributed by atoms with Crippen molar-refractivity contribution in [2.45, 2.75) is 0 Å². The first-order chi connectivity index (χ1) is 11.3. The molecule has 0 bridgehead atoms. The van der Waals surface area contributed by atoms with Crippen molar-refractivity contribution in [2.24, 2.45) is 0 Å². The van der Waals surface area contributed by atoms with Crippen LogP contribution in [0, 0.1) is 0 Å². The summed E-state index contributed by atoms with van der Waals surface area (Å²) in [5.74, 6) is 1.45. The van der Waals surface area contributed by atoms with Gasteiger partial charge in [-0.2, -0.15) is 0 Å². The van der Waals surface area contributed by atoms with Crippen LogP contribution >= 0.6 is 0 Å². The summed E-state index contributed by atoms with van der Waals surface area (Å²) in [5, 5.41) is 0.735. The molecule has 0 atom stereocenters. The predicted octanol–water partition coefficient (Wildman–Crippen LogP) is 0.698. The number of ether oxygens (including phenoxy) is 2. The Morgan fingerprint density at radius 2 is 1.64 bits per heavy atom. The zero-order valence-corrected chi connectivity index (χ0v) is 12.4. The average molecular weight is 302 g/mol. The summed E-state index contributed by atoms with van der Waals surface area (Å²) in [6.07, 6.45) is 1.98. The monoisotopic (exact) mass is 302 g/mol. The van der Waals surface area contributed by atoms with Crippen LogP contribution in [0.25, 0.3) is 10.9 Å². The van der Waals surface area contributed by atoms with Crippen LogP contribution in [0.4, 0.5) is 11.8 Å². The average Bonchev–Trinajstić information content (AvgIpc) is 2.63. The first-order valence-electron chi connectivity index (χ1n) is 8.11. The molecule has 7 heteroatoms. The highest BCUT2D eigenvalue weighted by Gasteiger charge is 2.16. The van der Waals surface area contributed by atoms with Crippen molar-refractivity contribution in [1.82, 2.24) is 15.0 Å². The molecule has 0 amide bonds. The van der Waals surface area contributed by atoms with Crippen LogP contribution in [0.3, 0.4) is 0 Å². The summed E-state index contributed by atoms with van der Waals surface area (Å²) < 4.78 is 19.0. The van der Waals surface area contributed by atoms with Crippen molar-refractivity contribution in [3.63, 3.8) is 0 Å². The van der Waals surface area contributed by atoms with Crippen LogP contribution < -0.4 is 9.80 Å². The third-order valence-corrected chi connectivity index (χ3v) is 3.99. The lowest BCUT2D eigenvalue weighted by molar-refractivity contribution is 0.122. The maximum Gasteiger partial charge on any atom is 0.226 e. The number of fused-ring (bicyclic) bond motifs is 1. The molecule has 0 aromatic carbocycles. The molecular weight excluding hydrogens is 282 g/mol. The lowest BCUT2D eigenvalue weighted by Gasteiger charge is -2.28. The highest BCUT2D eigenvalue weighted by Crippen LogP contribution is 2.20. The van der Waals surface area contributed by atoms with Crippen LogP contribution in [0.1, 0.15) is 1.37 Å². The second-order valence-corrected chi connectivity index (χ2v) is 5.39. The Balaban J connectivity index is 1.67. The van der Waals surface area contributed by atoms with Gasteiger partial charge in [0.1, 0.15) is 5.82 Å². The topological polar surface area (TPSA) is 63.6 Å². The number of morpholine rings is 2. The van der Waals surface area contributed by atoms with Crippen molar-refractivity contribution in [3.8, 4) is 0 Å². The molecule has 4 heterocycles. The number of anilines is 2. The molecule has 4 rings (SSSR count). The van der Waals surface area contributed by atoms with Gasteiger partial charge in [0.2, 0.25) is 5.95 Å². The third kappa shape index (κ3) is 2.69. The smallest absolute Gasteiger partial charge is 0.226 e. The van der Waals surface area contributed by atoms with Gasteiger partial charge in [0.15, 0.2) is 0 Å². The van der Waals surface area contributed by atoms with E-state index in [1.54, 1.807) is 6.20 Å². The van der Waals surface area contributed by atoms with E-state index in [0.29, 0.717) is 37.9 Å². The summed E-state index contributed by atoms with van der Waals surface area (Å²) >= 11 is 0. The molecule has 0 radical (unpaired) electrons. The number of hydrogen-bond acceptors (Lipinski definition) is 7. The lowest BCUT2D eigenvalue weighted by atomic mass is 10.3. The molecule has 0 aliphatic carbocycles. The summed E-state index contributed by atoms with van der Waals surface area (Å²) in [6.45, 7) is 5.90. The fourth-order valence-electron chi connectivity index (χ4n) is 2.73. The molecule has 2 aliphatic rings. The fraction of sp³-hybridized carbons (Fsp3) is 0.533. The minimum Gasteiger partial charge on any atom is -0.378 e. The van der Waals surface area contributed by atoms with Crippen LogP contribution in [-0.2, 0) is 9.47 Å². The van der Waals surface area contributed by atoms with Gasteiger partial charge in [-0.15, -0.1) is 0 Å². The molecule has 22 heavy (non-hydrogen) atoms. The van der Waals surface area contributed by atoms with Crippen LogP contribution in [0.5, 0.6) is 0 Å². The quantitative estimate of drug-likeness (QED) is 0.809. The molecular formula is C15H19N5O2. The van der Waals surface area contributed by atoms with E-state index in [0.717, 1.165) is 37.4 Å². The molecule has 0 unspecified atom stereocenters. The van der Waals surface area contributed by atoms with Crippen molar-refractivity contribution in [3.05, 3.63) is 18.4 Å². The summed E-state index contributed by atoms with van der Waals surface area (Å²) in [5.41, 5.74) is 0.712. The first-order valence-corrected chi connectivity index (χ1v) is 7.61. The minimum atomic E-state index is 0.244. The zero-order valence-electron chi connectivity index (χ0n) is 13.4. The fourth-order valence-corrected chi connectivity index (χ4v) is 2.73. The number of pyridine rings is 1. The Hall–Kier alpha value is -1.99. The standard InChI is InChI=1S/C15H19N5O2/c1-5-21-6-2-19(1)14-9-12-10-17-15(18-13(12)11-16-14)20-3-7-22-8-4-20/h9-11H,1-8H2/i10D. The third-order valence-electron chi connectivity index (χ3n) is 3.99. The number of nitrogens with zero attached hydrogens (tertiary/aromatic N) is 5. The van der Waals surface area contributed by atoms with Crippen molar-refractivity contribution < 1.29 is 10.8 Å². The van der Waals surface area contributed by atoms with Gasteiger partial charge in [0, 0.05) is 37.7 Å². The molecule has 116 valence electrons. The van der Waals surface area contributed by atoms with E-state index in [1.165, 1.54) is 0 Å². The Bertz CT molecular complexity index is 702. The molecule has 0 N–H and O–H groups in total. The van der Waals surface area contributed by atoms with Crippen molar-refractivity contribution >= 4 is 22.7 Å². The summed E-state index contributed by atoms with van der Waals surface area (Å²) in [4.78, 5) is 17.7. The van der Waals surface area contributed by atoms with E-state index in [4.69, 9.17) is 10.8 Å². The number of hydrogen-bond donors (Lipinski definition) is 0. The Morgan fingerprint density at radius 3 is 2.36 bits per heavy atom. The van der Waals surface area contributed by atoms with Gasteiger partial charge in [-0.1, -0.05) is 0 Å². The Morgan fingerprint density at radius 1 is 0.955 bits per heavy atom. The zero-order chi connectivity index (χ0) is 15.6. The summed E-state index contributed by atoms with van der Waals surface area (Å²) in [6, 6.07) is 1.91. The highest BCUT2D eigenvalue weighted by atomic mass is 16.5. The highest BCUT2D eigenvalue weighted by molar-refractivity contribution is 5.80. The Kier molecular flexibility index (Phi) is 3.43. The van der Waals surface area contributed by atoms with Gasteiger partial charge >= 0.3 is 0 Å². The van der Waals surface area contributed by atoms with Gasteiger partial charge in [-0.3, -0.25) is 0 Å². The van der Waals surface area contributed by atoms with E-state index in [9.17, 15) is 0 Å². The number of rotatable bonds is 2. The number of aromatic nitrogens is 3. The lowest BCUT2D eigenvalue weighted by Crippen LogP contribution is -2.37. The predicted molar refractivity (Wildman–Crippen MR) is 83.4 cm³/mol. The minimum absolute atomic E-state index is 0.244. The second-order valence-electron chi connectivity index (χ2n) is 5.39. The van der Waals surface area contributed by atoms with Gasteiger partial charge in [-0.05, 0) is 6.07 Å². The van der Waals surface area contributed by atoms with Crippen LogP contribution in [-0.4, -0.2) is 67.6 Å². The van der Waals surface area contributed by atoms with Crippen molar-refractivity contribution in [2.75, 3.05) is 62.4 Å². The van der Waals surface area contributed by atoms with E-state index >= 15 is 0 Å². The molecule has 2 saturated heterocycles. The largest absolute Gasteiger partial charge is 0.378 e. The van der Waals surface area contributed by atoms with Crippen molar-refractivity contribution in [1.29, 1.82) is 0 Å². The van der Waals surface area contributed by atoms with Gasteiger partial charge in [0.05, 0.1) is 39.5 Å². The summed E-state index contributed by atoms with van der Waals surface area (Å²) in [7, 11) is 0. The normalized spacial score (nSPS) is 20.3. The maximum absolute atomic E-state index is 8.25. The SMILES string of the molecule is [2H]c1nc(N2CCOCC2)nc2cnc(N3CCOCC3)cc12. The van der Waals surface area contributed by atoms with Gasteiger partial charge < -0.3 is 19.3 Å². The molecule has 0 saturated carbocycles. The van der Waals surface area contributed by atoms with Gasteiger partial charge in [-0.25, -0.2) is 15.0 Å². The van der Waals surface area contributed by atoms with Crippen LogP contribution in [0.2, 0.25) is 0 Å². The maximum atomic E-state index is 8.25. The van der Waals surface area contributed by atoms with E-state index in [2.05, 4.69) is 24.8 Å². The molecule has 0 spiro atoms. The van der Waals surface area contributed by atoms with Crippen LogP contribution in [0.15, 0.2) is 18.4 Å². The Labute approximate surface area is 130 Å². The van der Waals surface area contributed by atoms with Gasteiger partial charge in [0.25, 0.3) is 0 Å². The van der Waals surface area contributed by atoms with E-state index in [1.807, 2.05) is 6.07 Å². The molecule has 7 nitrogen and oxygen atoms in total.